The van der Waals surface area contributed by atoms with Gasteiger partial charge in [0.2, 0.25) is 0 Å². The zero-order chi connectivity index (χ0) is 10.6. The molecule has 0 saturated heterocycles. The van der Waals surface area contributed by atoms with E-state index in [1.54, 1.807) is 12.1 Å². The van der Waals surface area contributed by atoms with E-state index in [1.165, 1.54) is 6.07 Å². The Hall–Kier alpha value is -1.39. The summed E-state index contributed by atoms with van der Waals surface area (Å²) in [4.78, 5) is 10.8. The van der Waals surface area contributed by atoms with E-state index in [1.807, 2.05) is 12.1 Å². The summed E-state index contributed by atoms with van der Waals surface area (Å²) in [5, 5.41) is 9.30. The van der Waals surface area contributed by atoms with E-state index in [-0.39, 0.29) is 7.92 Å². The highest BCUT2D eigenvalue weighted by molar-refractivity contribution is 7.64. The van der Waals surface area contributed by atoms with E-state index in [0.29, 0.717) is 5.75 Å². The maximum atomic E-state index is 10.8. The molecule has 0 aliphatic carbocycles. The zero-order valence-electron chi connectivity index (χ0n) is 8.02. The van der Waals surface area contributed by atoms with Crippen molar-refractivity contribution in [2.24, 2.45) is 0 Å². The molecule has 0 saturated carbocycles. The first-order valence-electron chi connectivity index (χ1n) is 4.03. The van der Waals surface area contributed by atoms with E-state index in [2.05, 4.69) is 13.3 Å². The lowest BCUT2D eigenvalue weighted by molar-refractivity contribution is -0.128. The van der Waals surface area contributed by atoms with Gasteiger partial charge in [-0.25, -0.2) is 4.79 Å². The van der Waals surface area contributed by atoms with Crippen molar-refractivity contribution < 1.29 is 9.53 Å². The first-order chi connectivity index (χ1) is 6.65. The summed E-state index contributed by atoms with van der Waals surface area (Å²) >= 11 is 0. The molecule has 0 N–H and O–H groups in total. The van der Waals surface area contributed by atoms with Crippen molar-refractivity contribution in [3.63, 3.8) is 0 Å². The topological polar surface area (TPSA) is 50.1 Å². The van der Waals surface area contributed by atoms with E-state index < -0.39 is 5.97 Å². The summed E-state index contributed by atoms with van der Waals surface area (Å²) in [7, 11) is -0.339. The standard InChI is InChI=1S/C10H10NO2P/c1-14(2)9-6-4-3-5-8(9)13-10(12)7-11/h3-6H,1-2H3. The average molecular weight is 207 g/mol. The van der Waals surface area contributed by atoms with Gasteiger partial charge in [-0.1, -0.05) is 26.1 Å². The predicted octanol–water partition coefficient (Wildman–Crippen LogP) is 1.48. The van der Waals surface area contributed by atoms with Crippen molar-refractivity contribution in [2.75, 3.05) is 13.3 Å². The van der Waals surface area contributed by atoms with Crippen LogP contribution in [0.15, 0.2) is 24.3 Å². The Morgan fingerprint density at radius 3 is 2.64 bits per heavy atom. The molecule has 0 aliphatic heterocycles. The molecule has 0 amide bonds. The molecule has 0 unspecified atom stereocenters. The van der Waals surface area contributed by atoms with E-state index >= 15 is 0 Å². The monoisotopic (exact) mass is 207 g/mol. The van der Waals surface area contributed by atoms with E-state index in [0.717, 1.165) is 5.30 Å². The van der Waals surface area contributed by atoms with Gasteiger partial charge in [-0.3, -0.25) is 0 Å². The lowest BCUT2D eigenvalue weighted by Gasteiger charge is -2.10. The number of para-hydroxylation sites is 1. The molecule has 0 fully saturated rings. The van der Waals surface area contributed by atoms with Crippen LogP contribution in [-0.4, -0.2) is 19.3 Å². The van der Waals surface area contributed by atoms with Crippen LogP contribution in [0.4, 0.5) is 0 Å². The molecule has 1 aromatic rings. The van der Waals surface area contributed by atoms with E-state index in [9.17, 15) is 4.79 Å². The van der Waals surface area contributed by atoms with Crippen LogP contribution in [0.5, 0.6) is 5.75 Å². The van der Waals surface area contributed by atoms with Gasteiger partial charge < -0.3 is 4.74 Å². The van der Waals surface area contributed by atoms with Gasteiger partial charge in [0.05, 0.1) is 0 Å². The highest BCUT2D eigenvalue weighted by Gasteiger charge is 2.09. The van der Waals surface area contributed by atoms with Crippen molar-refractivity contribution in [1.29, 1.82) is 5.26 Å². The SMILES string of the molecule is CP(C)c1ccccc1OC(=O)C#N. The minimum absolute atomic E-state index is 0.339. The Balaban J connectivity index is 2.97. The average Bonchev–Trinajstić information content (AvgIpc) is 2.18. The lowest BCUT2D eigenvalue weighted by Crippen LogP contribution is -2.11. The summed E-state index contributed by atoms with van der Waals surface area (Å²) in [5.41, 5.74) is 0. The minimum Gasteiger partial charge on any atom is -0.415 e. The number of nitrogens with zero attached hydrogens (tertiary/aromatic N) is 1. The quantitative estimate of drug-likeness (QED) is 0.319. The molecule has 4 heteroatoms. The Morgan fingerprint density at radius 1 is 1.43 bits per heavy atom. The van der Waals surface area contributed by atoms with Gasteiger partial charge in [0.1, 0.15) is 5.75 Å². The molecule has 3 nitrogen and oxygen atoms in total. The maximum absolute atomic E-state index is 10.8. The molecule has 0 radical (unpaired) electrons. The summed E-state index contributed by atoms with van der Waals surface area (Å²) < 4.78 is 4.87. The normalized spacial score (nSPS) is 9.57. The molecular formula is C10H10NO2P. The Kier molecular flexibility index (Phi) is 3.62. The number of nitriles is 1. The fourth-order valence-electron chi connectivity index (χ4n) is 1.04. The van der Waals surface area contributed by atoms with Crippen molar-refractivity contribution in [3.05, 3.63) is 24.3 Å². The van der Waals surface area contributed by atoms with Crippen LogP contribution in [0.3, 0.4) is 0 Å². The van der Waals surface area contributed by atoms with Crippen molar-refractivity contribution in [2.45, 2.75) is 0 Å². The fraction of sp³-hybridized carbons (Fsp3) is 0.200. The third-order valence-electron chi connectivity index (χ3n) is 1.64. The van der Waals surface area contributed by atoms with Crippen LogP contribution in [0.1, 0.15) is 0 Å². The molecule has 0 spiro atoms. The number of hydrogen-bond donors (Lipinski definition) is 0. The predicted molar refractivity (Wildman–Crippen MR) is 56.1 cm³/mol. The Bertz CT molecular complexity index is 382. The third-order valence-corrected chi connectivity index (χ3v) is 2.97. The molecule has 0 atom stereocenters. The smallest absolute Gasteiger partial charge is 0.415 e. The maximum Gasteiger partial charge on any atom is 0.416 e. The van der Waals surface area contributed by atoms with Gasteiger partial charge in [0.25, 0.3) is 0 Å². The first-order valence-corrected chi connectivity index (χ1v) is 6.27. The number of benzene rings is 1. The molecule has 72 valence electrons. The van der Waals surface area contributed by atoms with Crippen LogP contribution < -0.4 is 10.0 Å². The summed E-state index contributed by atoms with van der Waals surface area (Å²) in [6, 6.07) is 8.71. The highest BCUT2D eigenvalue weighted by Crippen LogP contribution is 2.28. The van der Waals surface area contributed by atoms with Crippen LogP contribution in [-0.2, 0) is 4.79 Å². The van der Waals surface area contributed by atoms with Gasteiger partial charge in [-0.05, 0) is 19.4 Å². The number of carbonyl (C=O) groups is 1. The van der Waals surface area contributed by atoms with Crippen molar-refractivity contribution in [1.82, 2.24) is 0 Å². The number of rotatable bonds is 2. The van der Waals surface area contributed by atoms with Crippen molar-refractivity contribution in [3.8, 4) is 11.8 Å². The number of hydrogen-bond acceptors (Lipinski definition) is 3. The van der Waals surface area contributed by atoms with Crippen LogP contribution in [0.25, 0.3) is 0 Å². The van der Waals surface area contributed by atoms with Gasteiger partial charge in [0, 0.05) is 5.30 Å². The minimum atomic E-state index is -0.866. The number of ether oxygens (including phenoxy) is 1. The second-order valence-corrected chi connectivity index (χ2v) is 5.13. The number of esters is 1. The van der Waals surface area contributed by atoms with Gasteiger partial charge in [-0.2, -0.15) is 5.26 Å². The van der Waals surface area contributed by atoms with Crippen LogP contribution in [0, 0.1) is 11.3 Å². The number of carbonyl (C=O) groups excluding carboxylic acids is 1. The summed E-state index contributed by atoms with van der Waals surface area (Å²) in [6.45, 7) is 4.13. The Labute approximate surface area is 84.1 Å². The van der Waals surface area contributed by atoms with Gasteiger partial charge in [-0.15, -0.1) is 0 Å². The van der Waals surface area contributed by atoms with E-state index in [4.69, 9.17) is 10.00 Å². The largest absolute Gasteiger partial charge is 0.416 e. The molecular weight excluding hydrogens is 197 g/mol. The second-order valence-electron chi connectivity index (χ2n) is 2.86. The second kappa shape index (κ2) is 4.74. The molecule has 0 aromatic heterocycles. The molecule has 14 heavy (non-hydrogen) atoms. The fourth-order valence-corrected chi connectivity index (χ4v) is 1.98. The van der Waals surface area contributed by atoms with Crippen LogP contribution >= 0.6 is 7.92 Å². The molecule has 0 heterocycles. The lowest BCUT2D eigenvalue weighted by atomic mass is 10.3. The molecule has 1 rings (SSSR count). The molecule has 0 aliphatic rings. The first kappa shape index (κ1) is 10.7. The van der Waals surface area contributed by atoms with Gasteiger partial charge in [0.15, 0.2) is 6.07 Å². The summed E-state index contributed by atoms with van der Waals surface area (Å²) in [6.07, 6.45) is 0. The zero-order valence-corrected chi connectivity index (χ0v) is 8.91. The third kappa shape index (κ3) is 2.55. The van der Waals surface area contributed by atoms with Crippen LogP contribution in [0.2, 0.25) is 0 Å². The van der Waals surface area contributed by atoms with Crippen molar-refractivity contribution >= 4 is 19.2 Å². The Morgan fingerprint density at radius 2 is 2.07 bits per heavy atom. The molecule has 1 aromatic carbocycles. The highest BCUT2D eigenvalue weighted by atomic mass is 31.1. The molecule has 0 bridgehead atoms. The van der Waals surface area contributed by atoms with Gasteiger partial charge >= 0.3 is 5.97 Å². The summed E-state index contributed by atoms with van der Waals surface area (Å²) in [5.74, 6) is -0.371.